The third-order valence-electron chi connectivity index (χ3n) is 5.85. The lowest BCUT2D eigenvalue weighted by Gasteiger charge is -2.26. The van der Waals surface area contributed by atoms with E-state index in [1.807, 2.05) is 6.92 Å². The third-order valence-corrected chi connectivity index (χ3v) is 7.81. The number of anilines is 1. The van der Waals surface area contributed by atoms with E-state index in [0.717, 1.165) is 4.31 Å². The van der Waals surface area contributed by atoms with Crippen LogP contribution in [0.3, 0.4) is 0 Å². The molecule has 2 heterocycles. The maximum atomic E-state index is 14.0. The van der Waals surface area contributed by atoms with Crippen LogP contribution in [0.25, 0.3) is 10.9 Å². The average Bonchev–Trinajstić information content (AvgIpc) is 3.06. The topological polar surface area (TPSA) is 103 Å². The fourth-order valence-corrected chi connectivity index (χ4v) is 6.16. The highest BCUT2D eigenvalue weighted by molar-refractivity contribution is 7.93. The lowest BCUT2D eigenvalue weighted by atomic mass is 9.84. The summed E-state index contributed by atoms with van der Waals surface area (Å²) in [5, 5.41) is 0.952. The van der Waals surface area contributed by atoms with Crippen molar-refractivity contribution in [2.75, 3.05) is 10.9 Å². The van der Waals surface area contributed by atoms with E-state index < -0.39 is 21.5 Å². The van der Waals surface area contributed by atoms with Crippen LogP contribution in [0.15, 0.2) is 83.9 Å². The van der Waals surface area contributed by atoms with Crippen LogP contribution in [-0.2, 0) is 20.4 Å². The zero-order valence-electron chi connectivity index (χ0n) is 18.1. The minimum atomic E-state index is -4.39. The number of fused-ring (bicyclic) bond motifs is 2. The summed E-state index contributed by atoms with van der Waals surface area (Å²) in [6.45, 7) is 2.15. The molecule has 0 bridgehead atoms. The maximum absolute atomic E-state index is 14.0. The Balaban J connectivity index is 1.78. The van der Waals surface area contributed by atoms with E-state index in [1.165, 1.54) is 30.5 Å². The van der Waals surface area contributed by atoms with Crippen LogP contribution < -0.4 is 14.8 Å². The van der Waals surface area contributed by atoms with Crippen molar-refractivity contribution >= 4 is 44.1 Å². The Morgan fingerprint density at radius 1 is 1.03 bits per heavy atom. The Labute approximate surface area is 201 Å². The van der Waals surface area contributed by atoms with Gasteiger partial charge in [-0.15, -0.1) is 0 Å². The van der Waals surface area contributed by atoms with Gasteiger partial charge in [0.25, 0.3) is 15.9 Å². The highest BCUT2D eigenvalue weighted by atomic mass is 35.5. The summed E-state index contributed by atoms with van der Waals surface area (Å²) < 4.78 is 34.4. The first-order chi connectivity index (χ1) is 16.3. The second kappa shape index (κ2) is 8.09. The van der Waals surface area contributed by atoms with Gasteiger partial charge < -0.3 is 10.5 Å². The van der Waals surface area contributed by atoms with Gasteiger partial charge >= 0.3 is 0 Å². The zero-order valence-corrected chi connectivity index (χ0v) is 19.7. The number of carbonyl (C=O) groups excluding carboxylic acids is 1. The first-order valence-electron chi connectivity index (χ1n) is 10.5. The number of benzene rings is 3. The van der Waals surface area contributed by atoms with E-state index in [4.69, 9.17) is 22.1 Å². The number of pyridine rings is 1. The average molecular weight is 494 g/mol. The van der Waals surface area contributed by atoms with Crippen molar-refractivity contribution in [1.82, 2.24) is 4.98 Å². The van der Waals surface area contributed by atoms with Gasteiger partial charge in [-0.25, -0.2) is 12.7 Å². The molecule has 172 valence electrons. The van der Waals surface area contributed by atoms with E-state index in [9.17, 15) is 13.2 Å². The summed E-state index contributed by atoms with van der Waals surface area (Å²) in [6.07, 6.45) is 1.51. The molecule has 9 heteroatoms. The normalized spacial score (nSPS) is 17.7. The number of hydrogen-bond acceptors (Lipinski definition) is 6. The van der Waals surface area contributed by atoms with Gasteiger partial charge in [0.15, 0.2) is 5.54 Å². The molecule has 2 N–H and O–H groups in total. The Morgan fingerprint density at radius 2 is 1.79 bits per heavy atom. The second-order valence-electron chi connectivity index (χ2n) is 7.80. The molecule has 1 aromatic heterocycles. The molecule has 1 amide bonds. The minimum absolute atomic E-state index is 0.0952. The van der Waals surface area contributed by atoms with Gasteiger partial charge in [0.05, 0.1) is 17.8 Å². The SMILES string of the molecule is CCOc1ccccc1C1(N)C(=O)N(S(=O)(=O)c2cccc3cccnc23)c2ccc(Cl)cc21. The summed E-state index contributed by atoms with van der Waals surface area (Å²) in [7, 11) is -4.39. The first-order valence-corrected chi connectivity index (χ1v) is 12.4. The molecule has 0 spiro atoms. The van der Waals surface area contributed by atoms with Crippen LogP contribution in [0.2, 0.25) is 5.02 Å². The molecule has 0 aliphatic carbocycles. The van der Waals surface area contributed by atoms with Gasteiger partial charge in [-0.05, 0) is 43.3 Å². The standard InChI is InChI=1S/C25H20ClN3O4S/c1-2-33-21-10-4-3-9-18(21)25(27)19-15-17(26)12-13-20(19)29(24(25)30)34(31,32)22-11-5-7-16-8-6-14-28-23(16)22/h3-15H,2,27H2,1H3. The summed E-state index contributed by atoms with van der Waals surface area (Å²) in [6, 6.07) is 19.6. The molecule has 0 radical (unpaired) electrons. The van der Waals surface area contributed by atoms with Crippen molar-refractivity contribution in [2.45, 2.75) is 17.4 Å². The van der Waals surface area contributed by atoms with Crippen LogP contribution >= 0.6 is 11.6 Å². The number of aromatic nitrogens is 1. The van der Waals surface area contributed by atoms with Crippen molar-refractivity contribution in [1.29, 1.82) is 0 Å². The molecular formula is C25H20ClN3O4S. The van der Waals surface area contributed by atoms with Gasteiger partial charge in [0, 0.05) is 27.7 Å². The monoisotopic (exact) mass is 493 g/mol. The van der Waals surface area contributed by atoms with E-state index in [-0.39, 0.29) is 21.7 Å². The number of nitrogens with two attached hydrogens (primary N) is 1. The van der Waals surface area contributed by atoms with Crippen LogP contribution in [-0.4, -0.2) is 25.9 Å². The second-order valence-corrected chi connectivity index (χ2v) is 10.00. The number of halogens is 1. The maximum Gasteiger partial charge on any atom is 0.273 e. The molecule has 4 aromatic rings. The van der Waals surface area contributed by atoms with Crippen molar-refractivity contribution < 1.29 is 17.9 Å². The van der Waals surface area contributed by atoms with E-state index in [0.29, 0.717) is 28.3 Å². The minimum Gasteiger partial charge on any atom is -0.493 e. The number of hydrogen-bond donors (Lipinski definition) is 1. The summed E-state index contributed by atoms with van der Waals surface area (Å²) >= 11 is 6.27. The predicted molar refractivity (Wildman–Crippen MR) is 130 cm³/mol. The highest BCUT2D eigenvalue weighted by Gasteiger charge is 2.55. The smallest absolute Gasteiger partial charge is 0.273 e. The highest BCUT2D eigenvalue weighted by Crippen LogP contribution is 2.48. The Kier molecular flexibility index (Phi) is 5.31. The van der Waals surface area contributed by atoms with Gasteiger partial charge in [0.2, 0.25) is 0 Å². The quantitative estimate of drug-likeness (QED) is 0.446. The molecular weight excluding hydrogens is 474 g/mol. The number of nitrogens with zero attached hydrogens (tertiary/aromatic N) is 2. The number of sulfonamides is 1. The van der Waals surface area contributed by atoms with Crippen molar-refractivity contribution in [3.05, 3.63) is 95.1 Å². The van der Waals surface area contributed by atoms with E-state index in [2.05, 4.69) is 4.98 Å². The molecule has 7 nitrogen and oxygen atoms in total. The first kappa shape index (κ1) is 22.3. The molecule has 1 aliphatic rings. The molecule has 0 saturated carbocycles. The van der Waals surface area contributed by atoms with Crippen molar-refractivity contribution in [3.8, 4) is 5.75 Å². The number of para-hydroxylation sites is 2. The molecule has 34 heavy (non-hydrogen) atoms. The fraction of sp³-hybridized carbons (Fsp3) is 0.120. The third kappa shape index (κ3) is 3.18. The number of ether oxygens (including phenoxy) is 1. The molecule has 0 saturated heterocycles. The summed E-state index contributed by atoms with van der Waals surface area (Å²) in [5.41, 5.74) is 5.98. The number of carbonyl (C=O) groups is 1. The molecule has 0 fully saturated rings. The zero-order chi connectivity index (χ0) is 24.1. The molecule has 1 aliphatic heterocycles. The number of rotatable bonds is 5. The van der Waals surface area contributed by atoms with Gasteiger partial charge in [-0.3, -0.25) is 9.78 Å². The van der Waals surface area contributed by atoms with E-state index in [1.54, 1.807) is 48.5 Å². The Bertz CT molecular complexity index is 1550. The fourth-order valence-electron chi connectivity index (χ4n) is 4.34. The molecule has 1 atom stereocenters. The Morgan fingerprint density at radius 3 is 2.59 bits per heavy atom. The van der Waals surface area contributed by atoms with E-state index >= 15 is 0 Å². The molecule has 1 unspecified atom stereocenters. The van der Waals surface area contributed by atoms with Crippen LogP contribution in [0.1, 0.15) is 18.1 Å². The molecule has 5 rings (SSSR count). The lowest BCUT2D eigenvalue weighted by molar-refractivity contribution is -0.120. The predicted octanol–water partition coefficient (Wildman–Crippen LogP) is 4.22. The summed E-state index contributed by atoms with van der Waals surface area (Å²) in [5.74, 6) is -0.442. The van der Waals surface area contributed by atoms with Crippen LogP contribution in [0, 0.1) is 0 Å². The van der Waals surface area contributed by atoms with Gasteiger partial charge in [-0.2, -0.15) is 0 Å². The Hall–Kier alpha value is -3.46. The summed E-state index contributed by atoms with van der Waals surface area (Å²) in [4.78, 5) is 18.2. The van der Waals surface area contributed by atoms with Gasteiger partial charge in [-0.1, -0.05) is 48.0 Å². The van der Waals surface area contributed by atoms with Crippen molar-refractivity contribution in [3.63, 3.8) is 0 Å². The lowest BCUT2D eigenvalue weighted by Crippen LogP contribution is -2.49. The number of amides is 1. The van der Waals surface area contributed by atoms with Crippen LogP contribution in [0.4, 0.5) is 5.69 Å². The van der Waals surface area contributed by atoms with Gasteiger partial charge in [0.1, 0.15) is 10.6 Å². The van der Waals surface area contributed by atoms with Crippen LogP contribution in [0.5, 0.6) is 5.75 Å². The van der Waals surface area contributed by atoms with Crippen molar-refractivity contribution in [2.24, 2.45) is 5.73 Å². The largest absolute Gasteiger partial charge is 0.493 e. The molecule has 3 aromatic carbocycles.